The number of benzene rings is 3. The number of phenols is 1. The van der Waals surface area contributed by atoms with Gasteiger partial charge in [-0.25, -0.2) is 4.79 Å². The highest BCUT2D eigenvalue weighted by atomic mass is 19.4. The molecule has 2 atom stereocenters. The van der Waals surface area contributed by atoms with Crippen molar-refractivity contribution in [1.82, 2.24) is 4.90 Å². The van der Waals surface area contributed by atoms with Crippen LogP contribution in [0.3, 0.4) is 0 Å². The summed E-state index contributed by atoms with van der Waals surface area (Å²) in [6.45, 7) is 0.602. The fourth-order valence-electron chi connectivity index (χ4n) is 4.81. The van der Waals surface area contributed by atoms with E-state index in [9.17, 15) is 33.0 Å². The fourth-order valence-corrected chi connectivity index (χ4v) is 4.81. The van der Waals surface area contributed by atoms with E-state index in [1.165, 1.54) is 0 Å². The standard InChI is InChI=1S/C29H24F3NO7/c1-33-11-10-19(22(36)15-33)25-20(34)14-24-26(27(25)40-28(37)29(30,31)32)21(35)13-23(39-24)16-6-5-9-18(12-16)38-17-7-3-2-4-8-17/h2-9,12-14,19,22,34,36H,10-11,15H2,1H3/t19-,22+/m0/s1. The van der Waals surface area contributed by atoms with Crippen molar-refractivity contribution >= 4 is 16.9 Å². The second-order valence-electron chi connectivity index (χ2n) is 9.54. The van der Waals surface area contributed by atoms with E-state index in [1.54, 1.807) is 60.5 Å². The molecule has 2 heterocycles. The molecule has 40 heavy (non-hydrogen) atoms. The third-order valence-corrected chi connectivity index (χ3v) is 6.67. The summed E-state index contributed by atoms with van der Waals surface area (Å²) < 4.78 is 56.0. The molecule has 0 amide bonds. The summed E-state index contributed by atoms with van der Waals surface area (Å²) in [4.78, 5) is 27.1. The van der Waals surface area contributed by atoms with Crippen molar-refractivity contribution in [2.45, 2.75) is 24.6 Å². The number of nitrogens with zero attached hydrogens (tertiary/aromatic N) is 1. The first-order valence-electron chi connectivity index (χ1n) is 12.3. The minimum absolute atomic E-state index is 0.0376. The highest BCUT2D eigenvalue weighted by Crippen LogP contribution is 2.45. The lowest BCUT2D eigenvalue weighted by atomic mass is 9.85. The van der Waals surface area contributed by atoms with E-state index < -0.39 is 46.5 Å². The summed E-state index contributed by atoms with van der Waals surface area (Å²) in [5.74, 6) is -3.79. The predicted octanol–water partition coefficient (Wildman–Crippen LogP) is 5.21. The van der Waals surface area contributed by atoms with Gasteiger partial charge in [-0.15, -0.1) is 0 Å². The summed E-state index contributed by atoms with van der Waals surface area (Å²) >= 11 is 0. The molecule has 208 valence electrons. The molecule has 0 spiro atoms. The molecule has 1 aromatic heterocycles. The molecule has 2 N–H and O–H groups in total. The minimum atomic E-state index is -5.38. The average molecular weight is 556 g/mol. The van der Waals surface area contributed by atoms with Crippen molar-refractivity contribution < 1.29 is 42.1 Å². The Bertz CT molecular complexity index is 1620. The van der Waals surface area contributed by atoms with Crippen molar-refractivity contribution in [3.63, 3.8) is 0 Å². The maximum atomic E-state index is 13.4. The van der Waals surface area contributed by atoms with Crippen LogP contribution >= 0.6 is 0 Å². The predicted molar refractivity (Wildman–Crippen MR) is 139 cm³/mol. The van der Waals surface area contributed by atoms with Gasteiger partial charge in [0.25, 0.3) is 0 Å². The molecule has 11 heteroatoms. The van der Waals surface area contributed by atoms with Crippen molar-refractivity contribution in [2.24, 2.45) is 0 Å². The van der Waals surface area contributed by atoms with Gasteiger partial charge in [0.1, 0.15) is 34.0 Å². The first kappa shape index (κ1) is 27.2. The normalized spacial score (nSPS) is 18.0. The number of β-amino-alcohol motifs (C(OH)–C–C–N with tert-alkyl or cyclic N) is 1. The van der Waals surface area contributed by atoms with E-state index in [2.05, 4.69) is 0 Å². The van der Waals surface area contributed by atoms with Gasteiger partial charge in [0, 0.05) is 35.7 Å². The molecule has 0 unspecified atom stereocenters. The highest BCUT2D eigenvalue weighted by Gasteiger charge is 2.43. The lowest BCUT2D eigenvalue weighted by Gasteiger charge is -2.34. The second kappa shape index (κ2) is 10.7. The van der Waals surface area contributed by atoms with Crippen LogP contribution in [0.5, 0.6) is 23.0 Å². The number of aliphatic hydroxyl groups excluding tert-OH is 1. The summed E-state index contributed by atoms with van der Waals surface area (Å²) in [7, 11) is 1.75. The molecule has 0 radical (unpaired) electrons. The monoisotopic (exact) mass is 555 g/mol. The number of alkyl halides is 3. The zero-order chi connectivity index (χ0) is 28.6. The van der Waals surface area contributed by atoms with Crippen molar-refractivity contribution in [3.05, 3.63) is 82.5 Å². The van der Waals surface area contributed by atoms with Gasteiger partial charge in [0.15, 0.2) is 11.2 Å². The van der Waals surface area contributed by atoms with E-state index in [0.29, 0.717) is 23.6 Å². The molecule has 4 aromatic rings. The molecule has 0 aliphatic carbocycles. The number of piperidine rings is 1. The number of likely N-dealkylation sites (N-methyl/N-ethyl adjacent to an activating group) is 1. The zero-order valence-electron chi connectivity index (χ0n) is 21.1. The summed E-state index contributed by atoms with van der Waals surface area (Å²) in [6.07, 6.45) is -6.26. The number of ether oxygens (including phenoxy) is 2. The van der Waals surface area contributed by atoms with Gasteiger partial charge < -0.3 is 29.0 Å². The number of esters is 1. The lowest BCUT2D eigenvalue weighted by molar-refractivity contribution is -0.189. The van der Waals surface area contributed by atoms with Gasteiger partial charge in [-0.05, 0) is 44.3 Å². The zero-order valence-corrected chi connectivity index (χ0v) is 21.1. The molecule has 1 aliphatic rings. The number of hydrogen-bond acceptors (Lipinski definition) is 8. The summed E-state index contributed by atoms with van der Waals surface area (Å²) in [5, 5.41) is 21.1. The number of hydrogen-bond donors (Lipinski definition) is 2. The van der Waals surface area contributed by atoms with Gasteiger partial charge in [0.2, 0.25) is 0 Å². The molecule has 1 saturated heterocycles. The SMILES string of the molecule is CN1CC[C@H](c2c(O)cc3oc(-c4cccc(Oc5ccccc5)c4)cc(=O)c3c2OC(=O)C(F)(F)F)[C@H](O)C1. The van der Waals surface area contributed by atoms with Crippen LogP contribution in [0.15, 0.2) is 75.9 Å². The number of phenolic OH excluding ortho intramolecular Hbond substituents is 1. The summed E-state index contributed by atoms with van der Waals surface area (Å²) in [5.41, 5.74) is -0.954. The van der Waals surface area contributed by atoms with Gasteiger partial charge in [-0.2, -0.15) is 13.2 Å². The number of carbonyl (C=O) groups is 1. The molecule has 1 aliphatic heterocycles. The maximum absolute atomic E-state index is 13.4. The molecule has 0 bridgehead atoms. The van der Waals surface area contributed by atoms with Gasteiger partial charge in [-0.1, -0.05) is 30.3 Å². The van der Waals surface area contributed by atoms with Crippen molar-refractivity contribution in [1.29, 1.82) is 0 Å². The van der Waals surface area contributed by atoms with Crippen LogP contribution in [-0.2, 0) is 4.79 Å². The van der Waals surface area contributed by atoms with Crippen LogP contribution in [0.1, 0.15) is 17.9 Å². The number of carbonyl (C=O) groups excluding carboxylic acids is 1. The number of fused-ring (bicyclic) bond motifs is 1. The van der Waals surface area contributed by atoms with Gasteiger partial charge >= 0.3 is 12.1 Å². The van der Waals surface area contributed by atoms with Crippen LogP contribution in [0.25, 0.3) is 22.3 Å². The largest absolute Gasteiger partial charge is 0.507 e. The fraction of sp³-hybridized carbons (Fsp3) is 0.241. The molecule has 5 rings (SSSR count). The van der Waals surface area contributed by atoms with Gasteiger partial charge in [-0.3, -0.25) is 4.79 Å². The van der Waals surface area contributed by atoms with Crippen LogP contribution in [-0.4, -0.2) is 53.5 Å². The third-order valence-electron chi connectivity index (χ3n) is 6.67. The number of halogens is 3. The topological polar surface area (TPSA) is 109 Å². The molecule has 3 aromatic carbocycles. The van der Waals surface area contributed by atoms with Gasteiger partial charge in [0.05, 0.1) is 6.10 Å². The molecule has 1 fully saturated rings. The Morgan fingerprint density at radius 1 is 1.05 bits per heavy atom. The molecular weight excluding hydrogens is 531 g/mol. The van der Waals surface area contributed by atoms with E-state index in [4.69, 9.17) is 13.9 Å². The number of rotatable bonds is 5. The highest BCUT2D eigenvalue weighted by molar-refractivity contribution is 5.92. The van der Waals surface area contributed by atoms with E-state index >= 15 is 0 Å². The Labute approximate surface area is 225 Å². The number of aromatic hydroxyl groups is 1. The molecular formula is C29H24F3NO7. The van der Waals surface area contributed by atoms with E-state index in [0.717, 1.165) is 12.1 Å². The second-order valence-corrected chi connectivity index (χ2v) is 9.54. The maximum Gasteiger partial charge on any atom is 0.491 e. The smallest absolute Gasteiger partial charge is 0.491 e. The van der Waals surface area contributed by atoms with Crippen molar-refractivity contribution in [2.75, 3.05) is 20.1 Å². The first-order chi connectivity index (χ1) is 19.0. The minimum Gasteiger partial charge on any atom is -0.507 e. The Hall–Kier alpha value is -4.35. The van der Waals surface area contributed by atoms with Crippen LogP contribution < -0.4 is 14.9 Å². The number of para-hydroxylation sites is 1. The average Bonchev–Trinajstić information content (AvgIpc) is 2.89. The Morgan fingerprint density at radius 3 is 2.48 bits per heavy atom. The molecule has 0 saturated carbocycles. The number of likely N-dealkylation sites (tertiary alicyclic amines) is 1. The summed E-state index contributed by atoms with van der Waals surface area (Å²) in [6, 6.07) is 17.7. The van der Waals surface area contributed by atoms with Crippen molar-refractivity contribution in [3.8, 4) is 34.3 Å². The Morgan fingerprint density at radius 2 is 1.77 bits per heavy atom. The Balaban J connectivity index is 1.63. The number of aliphatic hydroxyl groups is 1. The van der Waals surface area contributed by atoms with Crippen LogP contribution in [0.2, 0.25) is 0 Å². The third kappa shape index (κ3) is 5.51. The first-order valence-corrected chi connectivity index (χ1v) is 12.3. The van der Waals surface area contributed by atoms with Crippen LogP contribution in [0.4, 0.5) is 13.2 Å². The molecule has 8 nitrogen and oxygen atoms in total. The quantitative estimate of drug-likeness (QED) is 0.255. The van der Waals surface area contributed by atoms with E-state index in [1.807, 2.05) is 6.07 Å². The van der Waals surface area contributed by atoms with E-state index in [-0.39, 0.29) is 29.9 Å². The lowest BCUT2D eigenvalue weighted by Crippen LogP contribution is -2.40. The van der Waals surface area contributed by atoms with Crippen LogP contribution in [0, 0.1) is 0 Å². The Kier molecular flexibility index (Phi) is 7.26.